The molecule has 0 amide bonds. The maximum Gasteiger partial charge on any atom is 0.340 e. The number of carbonyl (C=O) groups excluding carboxylic acids is 2. The van der Waals surface area contributed by atoms with Crippen molar-refractivity contribution in [2.45, 2.75) is 24.2 Å². The summed E-state index contributed by atoms with van der Waals surface area (Å²) in [5.41, 5.74) is 2.33. The number of allylic oxidation sites excluding steroid dienone is 1. The first kappa shape index (κ1) is 26.4. The largest absolute Gasteiger partial charge is 0.454 e. The summed E-state index contributed by atoms with van der Waals surface area (Å²) in [6, 6.07) is 16.1. The summed E-state index contributed by atoms with van der Waals surface area (Å²) in [7, 11) is -2.25. The minimum Gasteiger partial charge on any atom is -0.454 e. The van der Waals surface area contributed by atoms with Crippen LogP contribution in [0.25, 0.3) is 0 Å². The van der Waals surface area contributed by atoms with Crippen molar-refractivity contribution in [1.29, 1.82) is 0 Å². The summed E-state index contributed by atoms with van der Waals surface area (Å²) < 4.78 is 46.1. The topological polar surface area (TPSA) is 92.8 Å². The molecule has 192 valence electrons. The van der Waals surface area contributed by atoms with Gasteiger partial charge in [0.15, 0.2) is 12.4 Å². The first-order valence-corrected chi connectivity index (χ1v) is 13.1. The summed E-state index contributed by atoms with van der Waals surface area (Å²) in [6.07, 6.45) is 1.45. The van der Waals surface area contributed by atoms with Crippen LogP contribution in [-0.4, -0.2) is 33.8 Å². The molecule has 3 aromatic carbocycles. The fourth-order valence-corrected chi connectivity index (χ4v) is 5.51. The highest BCUT2D eigenvalue weighted by Gasteiger charge is 2.38. The number of esters is 1. The molecule has 1 heterocycles. The van der Waals surface area contributed by atoms with Gasteiger partial charge in [-0.15, -0.1) is 0 Å². The Bertz CT molecular complexity index is 1520. The number of benzene rings is 3. The van der Waals surface area contributed by atoms with E-state index in [2.05, 4.69) is 4.72 Å². The lowest BCUT2D eigenvalue weighted by molar-refractivity contribution is -0.117. The van der Waals surface area contributed by atoms with E-state index >= 15 is 0 Å². The number of anilines is 2. The van der Waals surface area contributed by atoms with Gasteiger partial charge in [0.05, 0.1) is 15.5 Å². The Morgan fingerprint density at radius 1 is 1.08 bits per heavy atom. The highest BCUT2D eigenvalue weighted by molar-refractivity contribution is 7.92. The molecule has 3 aromatic rings. The van der Waals surface area contributed by atoms with E-state index in [4.69, 9.17) is 16.3 Å². The zero-order valence-corrected chi connectivity index (χ0v) is 21.9. The van der Waals surface area contributed by atoms with Gasteiger partial charge in [-0.3, -0.25) is 9.52 Å². The number of ketones is 1. The van der Waals surface area contributed by atoms with E-state index in [0.717, 1.165) is 35.1 Å². The van der Waals surface area contributed by atoms with E-state index < -0.39 is 39.6 Å². The van der Waals surface area contributed by atoms with E-state index in [1.807, 2.05) is 50.1 Å². The summed E-state index contributed by atoms with van der Waals surface area (Å²) in [5.74, 6) is -1.90. The number of ether oxygens (including phenoxy) is 1. The average molecular weight is 543 g/mol. The molecule has 7 nitrogen and oxygen atoms in total. The van der Waals surface area contributed by atoms with Crippen LogP contribution in [0.5, 0.6) is 0 Å². The smallest absolute Gasteiger partial charge is 0.340 e. The standard InChI is InChI=1S/C27H24ClFN2O5S/c1-27(2)22-6-4-5-7-24(22)31(3)25(27)14-19(32)16-36-26(33)21-15-20(12-13-23(21)28)37(34,35)30-18-10-8-17(29)9-11-18/h4-15,30H,16H2,1-3H3. The molecule has 37 heavy (non-hydrogen) atoms. The quantitative estimate of drug-likeness (QED) is 0.321. The van der Waals surface area contributed by atoms with E-state index in [-0.39, 0.29) is 21.2 Å². The molecule has 0 spiro atoms. The molecule has 1 aliphatic rings. The molecule has 0 radical (unpaired) electrons. The number of fused-ring (bicyclic) bond motifs is 1. The fraction of sp³-hybridized carbons (Fsp3) is 0.185. The van der Waals surface area contributed by atoms with Crippen LogP contribution in [0.15, 0.2) is 83.4 Å². The van der Waals surface area contributed by atoms with Crippen molar-refractivity contribution < 1.29 is 27.1 Å². The van der Waals surface area contributed by atoms with Gasteiger partial charge in [-0.05, 0) is 54.1 Å². The normalized spacial score (nSPS) is 15.4. The second-order valence-corrected chi connectivity index (χ2v) is 11.1. The van der Waals surface area contributed by atoms with Crippen molar-refractivity contribution in [1.82, 2.24) is 0 Å². The van der Waals surface area contributed by atoms with Gasteiger partial charge in [0.2, 0.25) is 0 Å². The van der Waals surface area contributed by atoms with Crippen LogP contribution in [-0.2, 0) is 25.0 Å². The van der Waals surface area contributed by atoms with Gasteiger partial charge in [-0.25, -0.2) is 17.6 Å². The summed E-state index contributed by atoms with van der Waals surface area (Å²) in [6.45, 7) is 3.46. The maximum absolute atomic E-state index is 13.1. The fourth-order valence-electron chi connectivity index (χ4n) is 4.23. The van der Waals surface area contributed by atoms with Crippen molar-refractivity contribution in [3.05, 3.63) is 100 Å². The molecule has 0 fully saturated rings. The van der Waals surface area contributed by atoms with Gasteiger partial charge in [0.25, 0.3) is 10.0 Å². The number of para-hydroxylation sites is 1. The Labute approximate surface area is 219 Å². The molecule has 0 atom stereocenters. The van der Waals surface area contributed by atoms with Crippen molar-refractivity contribution in [3.63, 3.8) is 0 Å². The third kappa shape index (κ3) is 5.38. The highest BCUT2D eigenvalue weighted by atomic mass is 35.5. The molecule has 0 saturated carbocycles. The van der Waals surface area contributed by atoms with Gasteiger partial charge < -0.3 is 9.64 Å². The van der Waals surface area contributed by atoms with Crippen molar-refractivity contribution in [3.8, 4) is 0 Å². The molecule has 1 aliphatic heterocycles. The molecule has 0 aromatic heterocycles. The lowest BCUT2D eigenvalue weighted by Crippen LogP contribution is -2.25. The predicted octanol–water partition coefficient (Wildman–Crippen LogP) is 5.32. The lowest BCUT2D eigenvalue weighted by Gasteiger charge is -2.23. The van der Waals surface area contributed by atoms with Gasteiger partial charge >= 0.3 is 5.97 Å². The third-order valence-electron chi connectivity index (χ3n) is 6.15. The monoisotopic (exact) mass is 542 g/mol. The second-order valence-electron chi connectivity index (χ2n) is 9.03. The number of sulfonamides is 1. The zero-order valence-electron chi connectivity index (χ0n) is 20.3. The first-order chi connectivity index (χ1) is 17.4. The van der Waals surface area contributed by atoms with Crippen LogP contribution in [0.2, 0.25) is 5.02 Å². The Balaban J connectivity index is 1.48. The van der Waals surface area contributed by atoms with E-state index in [0.29, 0.717) is 0 Å². The summed E-state index contributed by atoms with van der Waals surface area (Å²) in [5, 5.41) is -0.0383. The molecule has 4 rings (SSSR count). The molecule has 0 bridgehead atoms. The number of rotatable bonds is 7. The van der Waals surface area contributed by atoms with Crippen LogP contribution in [0.3, 0.4) is 0 Å². The molecular formula is C27H24ClFN2O5S. The van der Waals surface area contributed by atoms with Gasteiger partial charge in [-0.1, -0.05) is 43.6 Å². The van der Waals surface area contributed by atoms with Gasteiger partial charge in [0, 0.05) is 35.6 Å². The molecule has 1 N–H and O–H groups in total. The zero-order chi connectivity index (χ0) is 27.0. The van der Waals surface area contributed by atoms with Crippen LogP contribution in [0.4, 0.5) is 15.8 Å². The molecule has 0 aliphatic carbocycles. The Morgan fingerprint density at radius 3 is 2.43 bits per heavy atom. The minimum absolute atomic E-state index is 0.0383. The van der Waals surface area contributed by atoms with Gasteiger partial charge in [0.1, 0.15) is 5.82 Å². The number of nitrogens with one attached hydrogen (secondary N) is 1. The number of hydrogen-bond acceptors (Lipinski definition) is 6. The summed E-state index contributed by atoms with van der Waals surface area (Å²) >= 11 is 6.12. The Hall–Kier alpha value is -3.69. The van der Waals surface area contributed by atoms with Crippen LogP contribution >= 0.6 is 11.6 Å². The molecule has 0 saturated heterocycles. The predicted molar refractivity (Wildman–Crippen MR) is 140 cm³/mol. The van der Waals surface area contributed by atoms with E-state index in [1.165, 1.54) is 30.3 Å². The number of carbonyl (C=O) groups is 2. The van der Waals surface area contributed by atoms with Crippen molar-refractivity contribution in [2.24, 2.45) is 0 Å². The van der Waals surface area contributed by atoms with Crippen LogP contribution < -0.4 is 9.62 Å². The molecule has 10 heteroatoms. The first-order valence-electron chi connectivity index (χ1n) is 11.2. The highest BCUT2D eigenvalue weighted by Crippen LogP contribution is 2.46. The lowest BCUT2D eigenvalue weighted by atomic mass is 9.83. The van der Waals surface area contributed by atoms with Crippen molar-refractivity contribution in [2.75, 3.05) is 23.3 Å². The molecule has 0 unspecified atom stereocenters. The number of likely N-dealkylation sites (N-methyl/N-ethyl adjacent to an activating group) is 1. The average Bonchev–Trinajstić information content (AvgIpc) is 3.04. The Kier molecular flexibility index (Phi) is 7.12. The van der Waals surface area contributed by atoms with E-state index in [9.17, 15) is 22.4 Å². The summed E-state index contributed by atoms with van der Waals surface area (Å²) in [4.78, 5) is 27.1. The SMILES string of the molecule is CN1C(=CC(=O)COC(=O)c2cc(S(=O)(=O)Nc3ccc(F)cc3)ccc2Cl)C(C)(C)c2ccccc21. The number of halogens is 2. The molecular weight excluding hydrogens is 519 g/mol. The second kappa shape index (κ2) is 9.99. The third-order valence-corrected chi connectivity index (χ3v) is 7.86. The van der Waals surface area contributed by atoms with Crippen LogP contribution in [0, 0.1) is 5.82 Å². The number of hydrogen-bond donors (Lipinski definition) is 1. The number of nitrogens with zero attached hydrogens (tertiary/aromatic N) is 1. The van der Waals surface area contributed by atoms with Crippen molar-refractivity contribution >= 4 is 44.8 Å². The minimum atomic E-state index is -4.11. The van der Waals surface area contributed by atoms with E-state index in [1.54, 1.807) is 0 Å². The van der Waals surface area contributed by atoms with Gasteiger partial charge in [-0.2, -0.15) is 0 Å². The van der Waals surface area contributed by atoms with Crippen LogP contribution in [0.1, 0.15) is 29.8 Å². The Morgan fingerprint density at radius 2 is 1.76 bits per heavy atom. The maximum atomic E-state index is 13.1.